The van der Waals surface area contributed by atoms with Crippen LogP contribution in [-0.2, 0) is 0 Å². The molecule has 0 aromatic carbocycles. The fourth-order valence-corrected chi connectivity index (χ4v) is 0.662. The second-order valence-electron chi connectivity index (χ2n) is 1.90. The zero-order chi connectivity index (χ0) is 8.27. The summed E-state index contributed by atoms with van der Waals surface area (Å²) in [6, 6.07) is 0. The van der Waals surface area contributed by atoms with Crippen LogP contribution >= 0.6 is 0 Å². The molecule has 0 amide bonds. The topological polar surface area (TPSA) is 83.8 Å². The molecule has 0 saturated carbocycles. The molecule has 0 fully saturated rings. The third kappa shape index (κ3) is 1.66. The molecular formula is C5H8N4O2. The van der Waals surface area contributed by atoms with E-state index in [-0.39, 0.29) is 5.82 Å². The Hall–Kier alpha value is -1.59. The van der Waals surface area contributed by atoms with Crippen molar-refractivity contribution in [1.29, 1.82) is 0 Å². The summed E-state index contributed by atoms with van der Waals surface area (Å²) in [6.07, 6.45) is 1.18. The maximum atomic E-state index is 10.1. The third-order valence-electron chi connectivity index (χ3n) is 1.10. The molecule has 6 nitrogen and oxygen atoms in total. The van der Waals surface area contributed by atoms with E-state index in [9.17, 15) is 10.1 Å². The second-order valence-corrected chi connectivity index (χ2v) is 1.90. The van der Waals surface area contributed by atoms with E-state index in [4.69, 9.17) is 0 Å². The van der Waals surface area contributed by atoms with Crippen molar-refractivity contribution in [2.45, 2.75) is 6.92 Å². The molecule has 1 aromatic heterocycles. The van der Waals surface area contributed by atoms with Gasteiger partial charge in [-0.3, -0.25) is 0 Å². The molecule has 0 radical (unpaired) electrons. The quantitative estimate of drug-likeness (QED) is 0.499. The number of hydrogen-bond acceptors (Lipinski definition) is 4. The average Bonchev–Trinajstić information content (AvgIpc) is 2.37. The summed E-state index contributed by atoms with van der Waals surface area (Å²) in [5, 5.41) is 12.9. The van der Waals surface area contributed by atoms with Crippen LogP contribution in [-0.4, -0.2) is 21.4 Å². The number of rotatable bonds is 3. The van der Waals surface area contributed by atoms with Gasteiger partial charge in [-0.15, -0.1) is 0 Å². The van der Waals surface area contributed by atoms with Crippen molar-refractivity contribution in [2.75, 3.05) is 11.9 Å². The second kappa shape index (κ2) is 3.00. The van der Waals surface area contributed by atoms with E-state index < -0.39 is 4.92 Å². The monoisotopic (exact) mass is 156 g/mol. The number of hydrogen-bond donors (Lipinski definition) is 2. The Balaban J connectivity index is 2.73. The summed E-state index contributed by atoms with van der Waals surface area (Å²) in [6.45, 7) is 2.57. The van der Waals surface area contributed by atoms with E-state index in [0.29, 0.717) is 12.5 Å². The molecule has 2 N–H and O–H groups in total. The molecule has 1 aromatic rings. The molecule has 0 unspecified atom stereocenters. The summed E-state index contributed by atoms with van der Waals surface area (Å²) < 4.78 is 0. The summed E-state index contributed by atoms with van der Waals surface area (Å²) in [5.74, 6) is 0.333. The summed E-state index contributed by atoms with van der Waals surface area (Å²) >= 11 is 0. The fraction of sp³-hybridized carbons (Fsp3) is 0.400. The van der Waals surface area contributed by atoms with Crippen molar-refractivity contribution in [2.24, 2.45) is 0 Å². The molecule has 1 rings (SSSR count). The van der Waals surface area contributed by atoms with Crippen LogP contribution in [0.3, 0.4) is 0 Å². The molecule has 11 heavy (non-hydrogen) atoms. The number of nitro groups is 1. The summed E-state index contributed by atoms with van der Waals surface area (Å²) in [7, 11) is 0. The van der Waals surface area contributed by atoms with Crippen LogP contribution < -0.4 is 5.32 Å². The Labute approximate surface area is 62.8 Å². The van der Waals surface area contributed by atoms with Crippen molar-refractivity contribution < 1.29 is 4.92 Å². The molecule has 0 atom stereocenters. The first-order valence-electron chi connectivity index (χ1n) is 3.17. The van der Waals surface area contributed by atoms with E-state index >= 15 is 0 Å². The largest absolute Gasteiger partial charge is 0.358 e. The van der Waals surface area contributed by atoms with E-state index in [1.165, 1.54) is 6.20 Å². The minimum absolute atomic E-state index is 0.0963. The van der Waals surface area contributed by atoms with Crippen molar-refractivity contribution in [3.05, 3.63) is 16.3 Å². The number of aromatic nitrogens is 2. The van der Waals surface area contributed by atoms with Crippen LogP contribution in [0.15, 0.2) is 6.20 Å². The van der Waals surface area contributed by atoms with Gasteiger partial charge in [0.05, 0.1) is 0 Å². The first-order valence-corrected chi connectivity index (χ1v) is 3.17. The average molecular weight is 156 g/mol. The highest BCUT2D eigenvalue weighted by Crippen LogP contribution is 2.08. The number of nitrogens with zero attached hydrogens (tertiary/aromatic N) is 2. The van der Waals surface area contributed by atoms with Crippen molar-refractivity contribution in [3.63, 3.8) is 0 Å². The van der Waals surface area contributed by atoms with Crippen LogP contribution in [0.1, 0.15) is 6.92 Å². The fourth-order valence-electron chi connectivity index (χ4n) is 0.662. The molecule has 60 valence electrons. The zero-order valence-electron chi connectivity index (χ0n) is 6.00. The number of aromatic amines is 1. The van der Waals surface area contributed by atoms with Crippen LogP contribution in [0, 0.1) is 10.1 Å². The number of H-pyrrole nitrogens is 1. The normalized spacial score (nSPS) is 9.55. The highest BCUT2D eigenvalue weighted by atomic mass is 16.6. The SMILES string of the molecule is CCNc1ncc([N+](=O)[O-])[nH]1. The molecule has 0 aliphatic rings. The number of anilines is 1. The number of nitrogens with one attached hydrogen (secondary N) is 2. The zero-order valence-corrected chi connectivity index (χ0v) is 6.00. The van der Waals surface area contributed by atoms with Gasteiger partial charge in [-0.2, -0.15) is 4.98 Å². The lowest BCUT2D eigenvalue weighted by molar-refractivity contribution is -0.389. The van der Waals surface area contributed by atoms with Crippen molar-refractivity contribution in [3.8, 4) is 0 Å². The van der Waals surface area contributed by atoms with Crippen molar-refractivity contribution in [1.82, 2.24) is 9.97 Å². The number of imidazole rings is 1. The Morgan fingerprint density at radius 3 is 3.09 bits per heavy atom. The van der Waals surface area contributed by atoms with E-state index in [0.717, 1.165) is 0 Å². The Bertz CT molecular complexity index is 257. The Morgan fingerprint density at radius 2 is 2.64 bits per heavy atom. The first-order chi connectivity index (χ1) is 5.24. The third-order valence-corrected chi connectivity index (χ3v) is 1.10. The molecule has 0 saturated heterocycles. The smallest absolute Gasteiger partial charge is 0.342 e. The van der Waals surface area contributed by atoms with E-state index in [1.807, 2.05) is 6.92 Å². The van der Waals surface area contributed by atoms with Gasteiger partial charge in [-0.1, -0.05) is 0 Å². The van der Waals surface area contributed by atoms with Gasteiger partial charge in [0.2, 0.25) is 0 Å². The van der Waals surface area contributed by atoms with Crippen molar-refractivity contribution >= 4 is 11.8 Å². The predicted octanol–water partition coefficient (Wildman–Crippen LogP) is 0.750. The van der Waals surface area contributed by atoms with Crippen LogP contribution in [0.2, 0.25) is 0 Å². The van der Waals surface area contributed by atoms with Gasteiger partial charge in [-0.25, -0.2) is 4.98 Å². The minimum atomic E-state index is -0.520. The maximum Gasteiger partial charge on any atom is 0.342 e. The van der Waals surface area contributed by atoms with Gasteiger partial charge in [-0.05, 0) is 11.8 Å². The lowest BCUT2D eigenvalue weighted by atomic mass is 10.7. The molecule has 0 aliphatic carbocycles. The Morgan fingerprint density at radius 1 is 1.91 bits per heavy atom. The predicted molar refractivity (Wildman–Crippen MR) is 39.4 cm³/mol. The molecule has 0 aliphatic heterocycles. The van der Waals surface area contributed by atoms with E-state index in [1.54, 1.807) is 0 Å². The lowest BCUT2D eigenvalue weighted by Crippen LogP contribution is -1.98. The molecule has 0 bridgehead atoms. The van der Waals surface area contributed by atoms with Crippen LogP contribution in [0.5, 0.6) is 0 Å². The summed E-state index contributed by atoms with van der Waals surface area (Å²) in [5.41, 5.74) is 0. The van der Waals surface area contributed by atoms with E-state index in [2.05, 4.69) is 15.3 Å². The van der Waals surface area contributed by atoms with Gasteiger partial charge in [0.15, 0.2) is 0 Å². The first kappa shape index (κ1) is 7.52. The van der Waals surface area contributed by atoms with Gasteiger partial charge < -0.3 is 15.4 Å². The maximum absolute atomic E-state index is 10.1. The molecule has 0 spiro atoms. The molecular weight excluding hydrogens is 148 g/mol. The van der Waals surface area contributed by atoms with Gasteiger partial charge in [0, 0.05) is 6.54 Å². The Kier molecular flexibility index (Phi) is 2.05. The summed E-state index contributed by atoms with van der Waals surface area (Å²) in [4.78, 5) is 15.8. The van der Waals surface area contributed by atoms with Crippen LogP contribution in [0.25, 0.3) is 0 Å². The van der Waals surface area contributed by atoms with Gasteiger partial charge in [0.1, 0.15) is 6.20 Å². The molecule has 1 heterocycles. The van der Waals surface area contributed by atoms with Gasteiger partial charge in [0.25, 0.3) is 5.95 Å². The lowest BCUT2D eigenvalue weighted by Gasteiger charge is -1.90. The minimum Gasteiger partial charge on any atom is -0.358 e. The molecule has 6 heteroatoms. The highest BCUT2D eigenvalue weighted by Gasteiger charge is 2.07. The van der Waals surface area contributed by atoms with Crippen LogP contribution in [0.4, 0.5) is 11.8 Å². The standard InChI is InChI=1S/C5H8N4O2/c1-2-6-5-7-3-4(8-5)9(10)11/h3H,2H2,1H3,(H2,6,7,8). The highest BCUT2D eigenvalue weighted by molar-refractivity contribution is 5.31. The van der Waals surface area contributed by atoms with Gasteiger partial charge >= 0.3 is 5.82 Å².